The maximum Gasteiger partial charge on any atom is 0.490 e. The average molecular weight is 502 g/mol. The first-order valence-corrected chi connectivity index (χ1v) is 11.7. The zero-order valence-corrected chi connectivity index (χ0v) is 19.9. The Balaban J connectivity index is 0.000000225. The van der Waals surface area contributed by atoms with Crippen LogP contribution in [0.5, 0.6) is 0 Å². The number of benzene rings is 1. The molecule has 3 heterocycles. The SMILES string of the molecule is Cc1cc(N2CCC(N3CCCC3C)C2)ccc1N.O=C(O)C(F)(F)F.O=C(O)c1cccs1. The van der Waals surface area contributed by atoms with Crippen LogP contribution in [0.15, 0.2) is 35.7 Å². The molecule has 4 rings (SSSR count). The molecule has 11 heteroatoms. The number of hydrogen-bond donors (Lipinski definition) is 3. The minimum atomic E-state index is -5.08. The average Bonchev–Trinajstić information content (AvgIpc) is 3.51. The third-order valence-corrected chi connectivity index (χ3v) is 6.69. The van der Waals surface area contributed by atoms with E-state index in [0.29, 0.717) is 4.88 Å². The molecule has 0 spiro atoms. The van der Waals surface area contributed by atoms with Gasteiger partial charge in [0, 0.05) is 36.5 Å². The smallest absolute Gasteiger partial charge is 0.477 e. The van der Waals surface area contributed by atoms with E-state index in [0.717, 1.165) is 17.8 Å². The lowest BCUT2D eigenvalue weighted by molar-refractivity contribution is -0.192. The predicted molar refractivity (Wildman–Crippen MR) is 127 cm³/mol. The van der Waals surface area contributed by atoms with E-state index < -0.39 is 18.1 Å². The Morgan fingerprint density at radius 1 is 1.15 bits per heavy atom. The number of rotatable bonds is 3. The standard InChI is InChI=1S/C16H25N3.C5H4O2S.C2HF3O2/c1-12-10-14(5-6-16(12)17)18-9-7-15(11-18)19-8-3-4-13(19)2;6-5(7)4-2-1-3-8-4;3-2(4,5)1(6)7/h5-6,10,13,15H,3-4,7-9,11,17H2,1-2H3;1-3H,(H,6,7);(H,6,7). The number of nitrogens with zero attached hydrogens (tertiary/aromatic N) is 2. The Hall–Kier alpha value is -2.79. The number of aryl methyl sites for hydroxylation is 1. The van der Waals surface area contributed by atoms with Gasteiger partial charge < -0.3 is 20.8 Å². The summed E-state index contributed by atoms with van der Waals surface area (Å²) in [6, 6.07) is 11.2. The van der Waals surface area contributed by atoms with Crippen LogP contribution < -0.4 is 10.6 Å². The maximum absolute atomic E-state index is 10.6. The van der Waals surface area contributed by atoms with Crippen LogP contribution in [0.1, 0.15) is 41.4 Å². The van der Waals surface area contributed by atoms with E-state index in [1.165, 1.54) is 61.5 Å². The Bertz CT molecular complexity index is 953. The van der Waals surface area contributed by atoms with Gasteiger partial charge >= 0.3 is 18.1 Å². The molecule has 7 nitrogen and oxygen atoms in total. The Kier molecular flexibility index (Phi) is 9.75. The maximum atomic E-state index is 10.6. The fourth-order valence-electron chi connectivity index (χ4n) is 4.00. The van der Waals surface area contributed by atoms with Crippen LogP contribution in [0.25, 0.3) is 0 Å². The van der Waals surface area contributed by atoms with Crippen LogP contribution >= 0.6 is 11.3 Å². The molecule has 0 aliphatic carbocycles. The Morgan fingerprint density at radius 2 is 1.82 bits per heavy atom. The zero-order chi connectivity index (χ0) is 25.5. The normalized spacial score (nSPS) is 20.2. The second-order valence-corrected chi connectivity index (χ2v) is 9.19. The highest BCUT2D eigenvalue weighted by Gasteiger charge is 2.38. The zero-order valence-electron chi connectivity index (χ0n) is 19.1. The van der Waals surface area contributed by atoms with Crippen LogP contribution in [-0.2, 0) is 4.79 Å². The largest absolute Gasteiger partial charge is 0.490 e. The molecule has 2 aliphatic rings. The van der Waals surface area contributed by atoms with Gasteiger partial charge in [0.2, 0.25) is 0 Å². The highest BCUT2D eigenvalue weighted by molar-refractivity contribution is 7.11. The van der Waals surface area contributed by atoms with Gasteiger partial charge in [-0.05, 0) is 74.9 Å². The lowest BCUT2D eigenvalue weighted by Gasteiger charge is -2.28. The number of carbonyl (C=O) groups is 2. The topological polar surface area (TPSA) is 107 Å². The highest BCUT2D eigenvalue weighted by Crippen LogP contribution is 2.29. The molecule has 0 radical (unpaired) electrons. The van der Waals surface area contributed by atoms with Gasteiger partial charge in [-0.15, -0.1) is 11.3 Å². The van der Waals surface area contributed by atoms with Crippen LogP contribution in [0.2, 0.25) is 0 Å². The molecule has 2 aromatic rings. The number of thiophene rings is 1. The van der Waals surface area contributed by atoms with Crippen LogP contribution in [0.3, 0.4) is 0 Å². The molecule has 4 N–H and O–H groups in total. The molecular formula is C23H30F3N3O4S. The third-order valence-electron chi connectivity index (χ3n) is 5.83. The summed E-state index contributed by atoms with van der Waals surface area (Å²) in [4.78, 5) is 24.6. The molecule has 1 aromatic carbocycles. The van der Waals surface area contributed by atoms with Crippen molar-refractivity contribution in [3.63, 3.8) is 0 Å². The summed E-state index contributed by atoms with van der Waals surface area (Å²) >= 11 is 1.23. The number of carboxylic acids is 2. The van der Waals surface area contributed by atoms with Crippen molar-refractivity contribution < 1.29 is 33.0 Å². The number of aliphatic carboxylic acids is 1. The number of halogens is 3. The van der Waals surface area contributed by atoms with E-state index in [-0.39, 0.29) is 0 Å². The summed E-state index contributed by atoms with van der Waals surface area (Å²) in [6.45, 7) is 8.11. The summed E-state index contributed by atoms with van der Waals surface area (Å²) in [7, 11) is 0. The van der Waals surface area contributed by atoms with E-state index in [1.54, 1.807) is 17.5 Å². The third kappa shape index (κ3) is 7.91. The van der Waals surface area contributed by atoms with Crippen molar-refractivity contribution in [3.8, 4) is 0 Å². The lowest BCUT2D eigenvalue weighted by atomic mass is 10.1. The fourth-order valence-corrected chi connectivity index (χ4v) is 4.56. The van der Waals surface area contributed by atoms with Gasteiger partial charge in [0.05, 0.1) is 0 Å². The molecule has 2 aliphatic heterocycles. The predicted octanol–water partition coefficient (Wildman–Crippen LogP) is 4.72. The fraction of sp³-hybridized carbons (Fsp3) is 0.478. The quantitative estimate of drug-likeness (QED) is 0.523. The van der Waals surface area contributed by atoms with Crippen molar-refractivity contribution in [2.24, 2.45) is 0 Å². The van der Waals surface area contributed by atoms with E-state index in [1.807, 2.05) is 6.07 Å². The van der Waals surface area contributed by atoms with Gasteiger partial charge in [0.1, 0.15) is 4.88 Å². The van der Waals surface area contributed by atoms with E-state index >= 15 is 0 Å². The molecule has 2 atom stereocenters. The molecule has 1 aromatic heterocycles. The van der Waals surface area contributed by atoms with Crippen molar-refractivity contribution in [2.75, 3.05) is 30.3 Å². The number of nitrogen functional groups attached to an aromatic ring is 1. The molecule has 0 amide bonds. The van der Waals surface area contributed by atoms with Crippen LogP contribution in [-0.4, -0.2) is 64.9 Å². The van der Waals surface area contributed by atoms with Gasteiger partial charge in [-0.2, -0.15) is 13.2 Å². The van der Waals surface area contributed by atoms with Crippen molar-refractivity contribution >= 4 is 34.7 Å². The minimum Gasteiger partial charge on any atom is -0.477 e. The molecular weight excluding hydrogens is 471 g/mol. The molecule has 2 saturated heterocycles. The van der Waals surface area contributed by atoms with Gasteiger partial charge in [0.15, 0.2) is 0 Å². The second-order valence-electron chi connectivity index (χ2n) is 8.24. The Morgan fingerprint density at radius 3 is 2.26 bits per heavy atom. The highest BCUT2D eigenvalue weighted by atomic mass is 32.1. The molecule has 0 saturated carbocycles. The van der Waals surface area contributed by atoms with Gasteiger partial charge in [-0.1, -0.05) is 6.07 Å². The van der Waals surface area contributed by atoms with Crippen LogP contribution in [0, 0.1) is 6.92 Å². The molecule has 2 unspecified atom stereocenters. The molecule has 0 bridgehead atoms. The Labute approximate surface area is 200 Å². The molecule has 188 valence electrons. The van der Waals surface area contributed by atoms with E-state index in [2.05, 4.69) is 35.8 Å². The summed E-state index contributed by atoms with van der Waals surface area (Å²) in [6.07, 6.45) is -1.04. The van der Waals surface area contributed by atoms with Gasteiger partial charge in [-0.3, -0.25) is 4.90 Å². The number of anilines is 2. The van der Waals surface area contributed by atoms with Crippen molar-refractivity contribution in [3.05, 3.63) is 46.2 Å². The van der Waals surface area contributed by atoms with Crippen molar-refractivity contribution in [1.29, 1.82) is 0 Å². The number of carboxylic acid groups (broad SMARTS) is 2. The second kappa shape index (κ2) is 12.1. The van der Waals surface area contributed by atoms with Crippen molar-refractivity contribution in [2.45, 2.75) is 51.4 Å². The van der Waals surface area contributed by atoms with Crippen LogP contribution in [0.4, 0.5) is 24.5 Å². The number of alkyl halides is 3. The number of likely N-dealkylation sites (tertiary alicyclic amines) is 1. The van der Waals surface area contributed by atoms with Gasteiger partial charge in [-0.25, -0.2) is 9.59 Å². The summed E-state index contributed by atoms with van der Waals surface area (Å²) in [5.74, 6) is -3.60. The monoisotopic (exact) mass is 501 g/mol. The van der Waals surface area contributed by atoms with E-state index in [9.17, 15) is 18.0 Å². The first kappa shape index (κ1) is 27.5. The first-order valence-electron chi connectivity index (χ1n) is 10.8. The molecule has 34 heavy (non-hydrogen) atoms. The van der Waals surface area contributed by atoms with E-state index in [4.69, 9.17) is 20.7 Å². The number of nitrogens with two attached hydrogens (primary N) is 1. The first-order chi connectivity index (χ1) is 15.9. The summed E-state index contributed by atoms with van der Waals surface area (Å²) in [5.41, 5.74) is 9.33. The number of aromatic carboxylic acids is 1. The van der Waals surface area contributed by atoms with Gasteiger partial charge in [0.25, 0.3) is 0 Å². The minimum absolute atomic E-state index is 0.394. The molecule has 2 fully saturated rings. The lowest BCUT2D eigenvalue weighted by Crippen LogP contribution is -2.39. The summed E-state index contributed by atoms with van der Waals surface area (Å²) < 4.78 is 31.7. The van der Waals surface area contributed by atoms with Crippen molar-refractivity contribution in [1.82, 2.24) is 4.90 Å². The number of hydrogen-bond acceptors (Lipinski definition) is 6. The summed E-state index contributed by atoms with van der Waals surface area (Å²) in [5, 5.41) is 17.1.